The van der Waals surface area contributed by atoms with Gasteiger partial charge < -0.3 is 10.2 Å². The molecule has 1 aliphatic rings. The molecule has 0 saturated heterocycles. The first kappa shape index (κ1) is 20.0. The largest absolute Gasteiger partial charge is 0.350 e. The Morgan fingerprint density at radius 2 is 2.10 bits per heavy atom. The Kier molecular flexibility index (Phi) is 5.21. The number of benzene rings is 1. The average Bonchev–Trinajstić information content (AvgIpc) is 3.52. The van der Waals surface area contributed by atoms with Crippen LogP contribution in [0.3, 0.4) is 0 Å². The molecule has 30 heavy (non-hydrogen) atoms. The van der Waals surface area contributed by atoms with Crippen LogP contribution in [0.15, 0.2) is 46.1 Å². The maximum absolute atomic E-state index is 13.6. The van der Waals surface area contributed by atoms with E-state index in [-0.39, 0.29) is 41.0 Å². The van der Waals surface area contributed by atoms with Crippen molar-refractivity contribution in [3.63, 3.8) is 0 Å². The van der Waals surface area contributed by atoms with Gasteiger partial charge in [-0.25, -0.2) is 14.2 Å². The molecule has 8 nitrogen and oxygen atoms in total. The molecular weight excluding hydrogens is 389 g/mol. The third kappa shape index (κ3) is 3.88. The number of hydrogen-bond acceptors (Lipinski definition) is 5. The normalized spacial score (nSPS) is 14.8. The number of nitrogens with zero attached hydrogens (tertiary/aromatic N) is 3. The van der Waals surface area contributed by atoms with Crippen molar-refractivity contribution < 1.29 is 9.18 Å². The standard InChI is InChI=1S/C21H22FN5O3/c1-26(2)17(12-4-3-5-14(22)8-12)11-24-19(28)13-9-16-18(23-10-13)27(15-6-7-15)21(30)25-20(16)29/h3-5,8-10,15,17H,6-7,11H2,1-2H3,(H,24,28)(H,25,29,30). The highest BCUT2D eigenvalue weighted by Crippen LogP contribution is 2.34. The summed E-state index contributed by atoms with van der Waals surface area (Å²) in [6.45, 7) is 0.241. The van der Waals surface area contributed by atoms with E-state index >= 15 is 0 Å². The van der Waals surface area contributed by atoms with Crippen LogP contribution in [0.2, 0.25) is 0 Å². The fraction of sp³-hybridized carbons (Fsp3) is 0.333. The maximum Gasteiger partial charge on any atom is 0.330 e. The van der Waals surface area contributed by atoms with E-state index in [9.17, 15) is 18.8 Å². The molecule has 1 aromatic carbocycles. The molecule has 2 heterocycles. The van der Waals surface area contributed by atoms with Gasteiger partial charge in [0.05, 0.1) is 17.0 Å². The highest BCUT2D eigenvalue weighted by molar-refractivity contribution is 5.96. The quantitative estimate of drug-likeness (QED) is 0.642. The van der Waals surface area contributed by atoms with Crippen molar-refractivity contribution in [3.05, 3.63) is 74.3 Å². The van der Waals surface area contributed by atoms with Gasteiger partial charge in [0.25, 0.3) is 11.5 Å². The lowest BCUT2D eigenvalue weighted by molar-refractivity contribution is 0.0941. The third-order valence-corrected chi connectivity index (χ3v) is 5.27. The van der Waals surface area contributed by atoms with Gasteiger partial charge in [-0.3, -0.25) is 19.1 Å². The second-order valence-electron chi connectivity index (χ2n) is 7.70. The zero-order chi connectivity index (χ0) is 21.4. The number of carbonyl (C=O) groups is 1. The predicted molar refractivity (Wildman–Crippen MR) is 110 cm³/mol. The van der Waals surface area contributed by atoms with Gasteiger partial charge in [0.15, 0.2) is 0 Å². The van der Waals surface area contributed by atoms with Gasteiger partial charge in [-0.2, -0.15) is 0 Å². The number of nitrogens with one attached hydrogen (secondary N) is 2. The fourth-order valence-electron chi connectivity index (χ4n) is 3.54. The molecule has 1 amide bonds. The number of amides is 1. The van der Waals surface area contributed by atoms with Crippen LogP contribution < -0.4 is 16.6 Å². The summed E-state index contributed by atoms with van der Waals surface area (Å²) in [5, 5.41) is 3.02. The average molecular weight is 411 g/mol. The van der Waals surface area contributed by atoms with Crippen molar-refractivity contribution in [1.82, 2.24) is 24.8 Å². The first-order chi connectivity index (χ1) is 14.3. The van der Waals surface area contributed by atoms with Crippen LogP contribution in [0.5, 0.6) is 0 Å². The zero-order valence-corrected chi connectivity index (χ0v) is 16.7. The highest BCUT2D eigenvalue weighted by atomic mass is 19.1. The van der Waals surface area contributed by atoms with E-state index < -0.39 is 17.2 Å². The van der Waals surface area contributed by atoms with Gasteiger partial charge in [0.2, 0.25) is 0 Å². The predicted octanol–water partition coefficient (Wildman–Crippen LogP) is 1.59. The molecule has 0 bridgehead atoms. The van der Waals surface area contributed by atoms with Gasteiger partial charge >= 0.3 is 5.69 Å². The van der Waals surface area contributed by atoms with E-state index in [1.165, 1.54) is 29.0 Å². The lowest BCUT2D eigenvalue weighted by Gasteiger charge is -2.25. The van der Waals surface area contributed by atoms with Crippen molar-refractivity contribution in [2.45, 2.75) is 24.9 Å². The molecule has 0 spiro atoms. The molecule has 1 atom stereocenters. The second-order valence-corrected chi connectivity index (χ2v) is 7.70. The highest BCUT2D eigenvalue weighted by Gasteiger charge is 2.28. The third-order valence-electron chi connectivity index (χ3n) is 5.27. The Morgan fingerprint density at radius 1 is 1.33 bits per heavy atom. The van der Waals surface area contributed by atoms with Crippen molar-refractivity contribution in [2.75, 3.05) is 20.6 Å². The summed E-state index contributed by atoms with van der Waals surface area (Å²) < 4.78 is 15.1. The number of halogens is 1. The van der Waals surface area contributed by atoms with Gasteiger partial charge in [-0.1, -0.05) is 12.1 Å². The monoisotopic (exact) mass is 411 g/mol. The molecule has 2 N–H and O–H groups in total. The Balaban J connectivity index is 1.59. The van der Waals surface area contributed by atoms with Crippen molar-refractivity contribution >= 4 is 16.9 Å². The molecular formula is C21H22FN5O3. The van der Waals surface area contributed by atoms with Gasteiger partial charge in [-0.05, 0) is 50.7 Å². The second kappa shape index (κ2) is 7.83. The summed E-state index contributed by atoms with van der Waals surface area (Å²) in [7, 11) is 3.69. The summed E-state index contributed by atoms with van der Waals surface area (Å²) in [5.41, 5.74) is 0.185. The van der Waals surface area contributed by atoms with Crippen molar-refractivity contribution in [3.8, 4) is 0 Å². The maximum atomic E-state index is 13.6. The van der Waals surface area contributed by atoms with E-state index in [0.717, 1.165) is 18.4 Å². The topological polar surface area (TPSA) is 100 Å². The zero-order valence-electron chi connectivity index (χ0n) is 16.7. The van der Waals surface area contributed by atoms with E-state index in [2.05, 4.69) is 15.3 Å². The summed E-state index contributed by atoms with van der Waals surface area (Å²) in [5.74, 6) is -0.749. The molecule has 1 saturated carbocycles. The minimum absolute atomic E-state index is 0.0381. The minimum Gasteiger partial charge on any atom is -0.350 e. The van der Waals surface area contributed by atoms with Crippen LogP contribution >= 0.6 is 0 Å². The molecule has 0 aliphatic heterocycles. The Bertz CT molecular complexity index is 1230. The molecule has 2 aromatic heterocycles. The van der Waals surface area contributed by atoms with Crippen LogP contribution in [0, 0.1) is 5.82 Å². The number of likely N-dealkylation sites (N-methyl/N-ethyl adjacent to an activating group) is 1. The van der Waals surface area contributed by atoms with E-state index in [0.29, 0.717) is 0 Å². The lowest BCUT2D eigenvalue weighted by atomic mass is 10.1. The minimum atomic E-state index is -0.569. The number of aromatic nitrogens is 3. The SMILES string of the molecule is CN(C)C(CNC(=O)c1cnc2c(c1)c(=O)[nH]c(=O)n2C1CC1)c1cccc(F)c1. The molecule has 1 unspecified atom stereocenters. The van der Waals surface area contributed by atoms with Crippen LogP contribution in [0.4, 0.5) is 4.39 Å². The molecule has 1 fully saturated rings. The number of H-pyrrole nitrogens is 1. The summed E-state index contributed by atoms with van der Waals surface area (Å²) in [6, 6.07) is 7.48. The first-order valence-electron chi connectivity index (χ1n) is 9.70. The number of carbonyl (C=O) groups excluding carboxylic acids is 1. The number of rotatable bonds is 6. The summed E-state index contributed by atoms with van der Waals surface area (Å²) in [6.07, 6.45) is 3.08. The molecule has 3 aromatic rings. The smallest absolute Gasteiger partial charge is 0.330 e. The van der Waals surface area contributed by atoms with Crippen LogP contribution in [-0.4, -0.2) is 46.0 Å². The number of aromatic amines is 1. The van der Waals surface area contributed by atoms with E-state index in [1.807, 2.05) is 19.0 Å². The summed E-state index contributed by atoms with van der Waals surface area (Å²) >= 11 is 0. The van der Waals surface area contributed by atoms with Crippen molar-refractivity contribution in [1.29, 1.82) is 0 Å². The van der Waals surface area contributed by atoms with Gasteiger partial charge in [0.1, 0.15) is 11.5 Å². The lowest BCUT2D eigenvalue weighted by Crippen LogP contribution is -2.35. The Labute approximate surface area is 171 Å². The van der Waals surface area contributed by atoms with Gasteiger partial charge in [-0.15, -0.1) is 0 Å². The van der Waals surface area contributed by atoms with E-state index in [1.54, 1.807) is 12.1 Å². The number of fused-ring (bicyclic) bond motifs is 1. The number of hydrogen-bond donors (Lipinski definition) is 2. The van der Waals surface area contributed by atoms with Crippen molar-refractivity contribution in [2.24, 2.45) is 0 Å². The molecule has 156 valence electrons. The van der Waals surface area contributed by atoms with E-state index in [4.69, 9.17) is 0 Å². The van der Waals surface area contributed by atoms with Crippen LogP contribution in [0.25, 0.3) is 11.0 Å². The molecule has 1 aliphatic carbocycles. The first-order valence-corrected chi connectivity index (χ1v) is 9.70. The van der Waals surface area contributed by atoms with Gasteiger partial charge in [0, 0.05) is 18.8 Å². The molecule has 9 heteroatoms. The number of pyridine rings is 1. The molecule has 0 radical (unpaired) electrons. The van der Waals surface area contributed by atoms with Crippen LogP contribution in [0.1, 0.15) is 40.8 Å². The Morgan fingerprint density at radius 3 is 2.77 bits per heavy atom. The molecule has 4 rings (SSSR count). The fourth-order valence-corrected chi connectivity index (χ4v) is 3.54. The summed E-state index contributed by atoms with van der Waals surface area (Å²) in [4.78, 5) is 45.5. The Hall–Kier alpha value is -3.33. The van der Waals surface area contributed by atoms with Crippen LogP contribution in [-0.2, 0) is 0 Å².